The molecule has 9 nitrogen and oxygen atoms in total. The third-order valence-electron chi connectivity index (χ3n) is 5.32. The largest absolute Gasteiger partial charge is 0.454 e. The number of aromatic nitrogens is 2. The molecule has 0 bridgehead atoms. The third kappa shape index (κ3) is 3.74. The molecule has 1 saturated heterocycles. The fraction of sp³-hybridized carbons (Fsp3) is 0.227. The number of fused-ring (bicyclic) bond motifs is 1. The molecule has 1 atom stereocenters. The number of carbonyl (C=O) groups is 2. The maximum Gasteiger partial charge on any atom is 0.286 e. The summed E-state index contributed by atoms with van der Waals surface area (Å²) in [5.41, 5.74) is 1.58. The number of nitrogens with zero attached hydrogens (tertiary/aromatic N) is 4. The Bertz CT molecular complexity index is 1230. The van der Waals surface area contributed by atoms with Crippen molar-refractivity contribution in [3.05, 3.63) is 63.6 Å². The summed E-state index contributed by atoms with van der Waals surface area (Å²) in [6.07, 6.45) is 1.59. The van der Waals surface area contributed by atoms with Gasteiger partial charge in [0.2, 0.25) is 11.8 Å². The highest BCUT2D eigenvalue weighted by molar-refractivity contribution is 7.13. The van der Waals surface area contributed by atoms with E-state index in [0.717, 1.165) is 12.8 Å². The van der Waals surface area contributed by atoms with Crippen molar-refractivity contribution in [3.63, 3.8) is 0 Å². The van der Waals surface area contributed by atoms with Crippen molar-refractivity contribution < 1.29 is 19.1 Å². The Labute approximate surface area is 187 Å². The standard InChI is InChI=1S/C22H17N5O4S/c23-11-13-3-5-14(6-4-13)22(29)27-9-1-2-16(27)20-25-26-21(32-20)19(28)24-15-7-8-17-18(10-15)31-12-30-17/h3-8,10,16H,1-2,9,12H2,(H,24,28)/t16-/m1/s1. The Morgan fingerprint density at radius 2 is 1.94 bits per heavy atom. The summed E-state index contributed by atoms with van der Waals surface area (Å²) < 4.78 is 10.6. The SMILES string of the molecule is N#Cc1ccc(C(=O)N2CCC[C@@H]2c2nnc(C(=O)Nc3ccc4c(c3)OCO4)s2)cc1. The van der Waals surface area contributed by atoms with Crippen LogP contribution in [0.2, 0.25) is 0 Å². The summed E-state index contributed by atoms with van der Waals surface area (Å²) in [5.74, 6) is 0.701. The normalized spacial score (nSPS) is 16.6. The first-order chi connectivity index (χ1) is 15.6. The monoisotopic (exact) mass is 447 g/mol. The van der Waals surface area contributed by atoms with Crippen LogP contribution in [-0.2, 0) is 0 Å². The Morgan fingerprint density at radius 1 is 1.12 bits per heavy atom. The molecule has 10 heteroatoms. The minimum atomic E-state index is -0.379. The van der Waals surface area contributed by atoms with E-state index < -0.39 is 0 Å². The van der Waals surface area contributed by atoms with Crippen molar-refractivity contribution in [1.29, 1.82) is 5.26 Å². The highest BCUT2D eigenvalue weighted by Crippen LogP contribution is 2.36. The molecule has 0 spiro atoms. The average Bonchev–Trinajstić information content (AvgIpc) is 3.58. The van der Waals surface area contributed by atoms with Crippen molar-refractivity contribution in [2.75, 3.05) is 18.7 Å². The van der Waals surface area contributed by atoms with Gasteiger partial charge in [0.15, 0.2) is 11.5 Å². The van der Waals surface area contributed by atoms with Crippen LogP contribution in [0.3, 0.4) is 0 Å². The summed E-state index contributed by atoms with van der Waals surface area (Å²) in [7, 11) is 0. The zero-order chi connectivity index (χ0) is 22.1. The van der Waals surface area contributed by atoms with Gasteiger partial charge in [-0.15, -0.1) is 10.2 Å². The summed E-state index contributed by atoms with van der Waals surface area (Å²) in [6.45, 7) is 0.757. The Kier molecular flexibility index (Phi) is 5.17. The fourth-order valence-electron chi connectivity index (χ4n) is 3.74. The quantitative estimate of drug-likeness (QED) is 0.651. The number of benzene rings is 2. The van der Waals surface area contributed by atoms with E-state index in [1.807, 2.05) is 6.07 Å². The minimum absolute atomic E-state index is 0.126. The van der Waals surface area contributed by atoms with E-state index in [0.29, 0.717) is 39.9 Å². The molecule has 32 heavy (non-hydrogen) atoms. The zero-order valence-corrected chi connectivity index (χ0v) is 17.6. The molecule has 3 heterocycles. The van der Waals surface area contributed by atoms with E-state index in [9.17, 15) is 9.59 Å². The Hall–Kier alpha value is -3.97. The third-order valence-corrected chi connectivity index (χ3v) is 6.35. The number of ether oxygens (including phenoxy) is 2. The topological polar surface area (TPSA) is 117 Å². The van der Waals surface area contributed by atoms with E-state index >= 15 is 0 Å². The van der Waals surface area contributed by atoms with Gasteiger partial charge in [-0.1, -0.05) is 11.3 Å². The second-order valence-corrected chi connectivity index (χ2v) is 8.32. The first kappa shape index (κ1) is 20.0. The summed E-state index contributed by atoms with van der Waals surface area (Å²) in [6, 6.07) is 13.5. The van der Waals surface area contributed by atoms with Crippen LogP contribution in [0.1, 0.15) is 49.6 Å². The van der Waals surface area contributed by atoms with Gasteiger partial charge in [0.05, 0.1) is 17.7 Å². The number of hydrogen-bond acceptors (Lipinski definition) is 8. The molecule has 2 amide bonds. The number of amides is 2. The van der Waals surface area contributed by atoms with Gasteiger partial charge in [-0.2, -0.15) is 5.26 Å². The molecule has 2 aliphatic rings. The molecule has 0 saturated carbocycles. The molecule has 160 valence electrons. The number of rotatable bonds is 4. The van der Waals surface area contributed by atoms with Crippen LogP contribution < -0.4 is 14.8 Å². The predicted molar refractivity (Wildman–Crippen MR) is 115 cm³/mol. The molecule has 0 unspecified atom stereocenters. The van der Waals surface area contributed by atoms with Gasteiger partial charge in [0.25, 0.3) is 11.8 Å². The number of nitrogens with one attached hydrogen (secondary N) is 1. The van der Waals surface area contributed by atoms with Crippen LogP contribution in [-0.4, -0.2) is 40.2 Å². The van der Waals surface area contributed by atoms with Crippen molar-refractivity contribution in [2.45, 2.75) is 18.9 Å². The van der Waals surface area contributed by atoms with E-state index in [-0.39, 0.29) is 29.7 Å². The minimum Gasteiger partial charge on any atom is -0.454 e. The number of hydrogen-bond donors (Lipinski definition) is 1. The van der Waals surface area contributed by atoms with Gasteiger partial charge in [-0.25, -0.2) is 0 Å². The average molecular weight is 447 g/mol. The van der Waals surface area contributed by atoms with E-state index in [1.165, 1.54) is 11.3 Å². The summed E-state index contributed by atoms with van der Waals surface area (Å²) >= 11 is 1.18. The molecule has 0 aliphatic carbocycles. The van der Waals surface area contributed by atoms with E-state index in [1.54, 1.807) is 47.4 Å². The Morgan fingerprint density at radius 3 is 2.75 bits per heavy atom. The maximum absolute atomic E-state index is 13.0. The van der Waals surface area contributed by atoms with Crippen LogP contribution in [0.5, 0.6) is 11.5 Å². The van der Waals surface area contributed by atoms with Crippen molar-refractivity contribution >= 4 is 28.8 Å². The molecule has 1 aromatic heterocycles. The molecule has 1 fully saturated rings. The first-order valence-electron chi connectivity index (χ1n) is 9.98. The number of carbonyl (C=O) groups excluding carboxylic acids is 2. The molecule has 2 aromatic carbocycles. The molecule has 2 aliphatic heterocycles. The zero-order valence-electron chi connectivity index (χ0n) is 16.8. The second-order valence-electron chi connectivity index (χ2n) is 7.31. The Balaban J connectivity index is 1.30. The van der Waals surface area contributed by atoms with Crippen molar-refractivity contribution in [1.82, 2.24) is 15.1 Å². The lowest BCUT2D eigenvalue weighted by molar-refractivity contribution is 0.0735. The van der Waals surface area contributed by atoms with Crippen molar-refractivity contribution in [2.24, 2.45) is 0 Å². The smallest absolute Gasteiger partial charge is 0.286 e. The lowest BCUT2D eigenvalue weighted by Gasteiger charge is -2.22. The lowest BCUT2D eigenvalue weighted by atomic mass is 10.1. The summed E-state index contributed by atoms with van der Waals surface area (Å²) in [5, 5.41) is 20.8. The molecule has 5 rings (SSSR count). The van der Waals surface area contributed by atoms with Crippen LogP contribution in [0.15, 0.2) is 42.5 Å². The van der Waals surface area contributed by atoms with E-state index in [2.05, 4.69) is 15.5 Å². The van der Waals surface area contributed by atoms with Gasteiger partial charge in [-0.3, -0.25) is 9.59 Å². The van der Waals surface area contributed by atoms with Gasteiger partial charge >= 0.3 is 0 Å². The van der Waals surface area contributed by atoms with Crippen LogP contribution >= 0.6 is 11.3 Å². The molecular weight excluding hydrogens is 430 g/mol. The number of anilines is 1. The van der Waals surface area contributed by atoms with Gasteiger partial charge < -0.3 is 19.7 Å². The van der Waals surface area contributed by atoms with Gasteiger partial charge in [-0.05, 0) is 49.2 Å². The van der Waals surface area contributed by atoms with Crippen LogP contribution in [0.4, 0.5) is 5.69 Å². The number of nitriles is 1. The van der Waals surface area contributed by atoms with E-state index in [4.69, 9.17) is 14.7 Å². The van der Waals surface area contributed by atoms with Crippen molar-refractivity contribution in [3.8, 4) is 17.6 Å². The second kappa shape index (κ2) is 8.28. The molecule has 3 aromatic rings. The van der Waals surface area contributed by atoms with Crippen LogP contribution in [0.25, 0.3) is 0 Å². The highest BCUT2D eigenvalue weighted by atomic mass is 32.1. The maximum atomic E-state index is 13.0. The lowest BCUT2D eigenvalue weighted by Crippen LogP contribution is -2.30. The van der Waals surface area contributed by atoms with Crippen LogP contribution in [0, 0.1) is 11.3 Å². The number of likely N-dealkylation sites (tertiary alicyclic amines) is 1. The van der Waals surface area contributed by atoms with Gasteiger partial charge in [0.1, 0.15) is 5.01 Å². The predicted octanol–water partition coefficient (Wildman–Crippen LogP) is 3.37. The molecule has 1 N–H and O–H groups in total. The molecule has 0 radical (unpaired) electrons. The first-order valence-corrected chi connectivity index (χ1v) is 10.8. The highest BCUT2D eigenvalue weighted by Gasteiger charge is 2.33. The van der Waals surface area contributed by atoms with Gasteiger partial charge in [0, 0.05) is 23.9 Å². The molecular formula is C22H17N5O4S. The fourth-order valence-corrected chi connectivity index (χ4v) is 4.63. The summed E-state index contributed by atoms with van der Waals surface area (Å²) in [4.78, 5) is 27.4.